The topological polar surface area (TPSA) is 111 Å². The van der Waals surface area contributed by atoms with Crippen LogP contribution in [0.25, 0.3) is 0 Å². The molecule has 0 bridgehead atoms. The molecule has 1 aromatic heterocycles. The molecule has 3 rings (SSSR count). The molecule has 1 amide bonds. The number of halogens is 3. The molecule has 29 heavy (non-hydrogen) atoms. The summed E-state index contributed by atoms with van der Waals surface area (Å²) in [5.74, 6) is -2.93. The Labute approximate surface area is 161 Å². The molecule has 0 radical (unpaired) electrons. The van der Waals surface area contributed by atoms with Crippen LogP contribution >= 0.6 is 0 Å². The van der Waals surface area contributed by atoms with Crippen molar-refractivity contribution < 1.29 is 42.2 Å². The average Bonchev–Trinajstić information content (AvgIpc) is 3.07. The lowest BCUT2D eigenvalue weighted by atomic mass is 10.1. The van der Waals surface area contributed by atoms with Crippen LogP contribution in [0.4, 0.5) is 18.0 Å². The van der Waals surface area contributed by atoms with Gasteiger partial charge in [0.1, 0.15) is 12.9 Å². The fourth-order valence-electron chi connectivity index (χ4n) is 2.77. The van der Waals surface area contributed by atoms with E-state index in [-0.39, 0.29) is 25.1 Å². The highest BCUT2D eigenvalue weighted by Gasteiger charge is 2.33. The summed E-state index contributed by atoms with van der Waals surface area (Å²) in [5.41, 5.74) is -0.521. The van der Waals surface area contributed by atoms with Gasteiger partial charge in [0.2, 0.25) is 0 Å². The van der Waals surface area contributed by atoms with Crippen LogP contribution in [0.5, 0.6) is 0 Å². The Morgan fingerprint density at radius 1 is 1.17 bits per heavy atom. The number of imidazole rings is 1. The van der Waals surface area contributed by atoms with Crippen LogP contribution in [0.3, 0.4) is 0 Å². The van der Waals surface area contributed by atoms with E-state index in [4.69, 9.17) is 9.94 Å². The summed E-state index contributed by atoms with van der Waals surface area (Å²) in [7, 11) is 0. The molecule has 1 aliphatic heterocycles. The van der Waals surface area contributed by atoms with Crippen LogP contribution < -0.4 is 4.84 Å². The maximum absolute atomic E-state index is 12.9. The second-order valence-corrected chi connectivity index (χ2v) is 6.03. The van der Waals surface area contributed by atoms with Gasteiger partial charge in [-0.2, -0.15) is 17.9 Å². The van der Waals surface area contributed by atoms with Gasteiger partial charge in [0, 0.05) is 18.5 Å². The first-order valence-electron chi connectivity index (χ1n) is 8.24. The zero-order chi connectivity index (χ0) is 21.2. The van der Waals surface area contributed by atoms with Gasteiger partial charge in [-0.05, 0) is 6.07 Å². The Kier molecular flexibility index (Phi) is 5.43. The highest BCUT2D eigenvalue weighted by molar-refractivity contribution is 6.29. The third-order valence-electron chi connectivity index (χ3n) is 4.18. The lowest BCUT2D eigenvalue weighted by Gasteiger charge is -2.23. The second-order valence-electron chi connectivity index (χ2n) is 6.03. The molecule has 0 unspecified atom stereocenters. The quantitative estimate of drug-likeness (QED) is 0.602. The first-order chi connectivity index (χ1) is 13.7. The van der Waals surface area contributed by atoms with Gasteiger partial charge in [-0.25, -0.2) is 19.4 Å². The van der Waals surface area contributed by atoms with Crippen molar-refractivity contribution in [1.82, 2.24) is 14.6 Å². The molecule has 0 atom stereocenters. The Morgan fingerprint density at radius 3 is 2.59 bits per heavy atom. The van der Waals surface area contributed by atoms with Crippen LogP contribution in [0.15, 0.2) is 30.6 Å². The number of hydrogen-bond acceptors (Lipinski definition) is 6. The zero-order valence-electron chi connectivity index (χ0n) is 14.7. The third-order valence-corrected chi connectivity index (χ3v) is 4.18. The number of ether oxygens (including phenoxy) is 1. The van der Waals surface area contributed by atoms with Crippen LogP contribution in [0.1, 0.15) is 22.5 Å². The Bertz CT molecular complexity index is 956. The zero-order valence-corrected chi connectivity index (χ0v) is 14.7. The van der Waals surface area contributed by atoms with Gasteiger partial charge in [0.05, 0.1) is 23.5 Å². The van der Waals surface area contributed by atoms with Gasteiger partial charge in [-0.15, -0.1) is 0 Å². The van der Waals surface area contributed by atoms with Gasteiger partial charge in [0.15, 0.2) is 0 Å². The van der Waals surface area contributed by atoms with Crippen LogP contribution in [-0.4, -0.2) is 44.3 Å². The van der Waals surface area contributed by atoms with Gasteiger partial charge < -0.3 is 19.6 Å². The van der Waals surface area contributed by atoms with E-state index in [1.165, 1.54) is 12.1 Å². The largest absolute Gasteiger partial charge is 0.465 e. The maximum atomic E-state index is 12.9. The van der Waals surface area contributed by atoms with Gasteiger partial charge >= 0.3 is 24.2 Å². The predicted molar refractivity (Wildman–Crippen MR) is 87.2 cm³/mol. The lowest BCUT2D eigenvalue weighted by molar-refractivity contribution is -0.169. The number of benzene rings is 1. The molecule has 0 saturated carbocycles. The minimum atomic E-state index is -4.64. The normalized spacial score (nSPS) is 13.6. The molecule has 0 aliphatic carbocycles. The molecular weight excluding hydrogens is 399 g/mol. The van der Waals surface area contributed by atoms with Crippen LogP contribution in [0.2, 0.25) is 0 Å². The van der Waals surface area contributed by atoms with Gasteiger partial charge in [0.25, 0.3) is 0 Å². The SMILES string of the molecule is O=C(OCc1ccccc1C(F)(F)F)C(=O)On1cnc2c1CCN(C(=O)O)C2. The summed E-state index contributed by atoms with van der Waals surface area (Å²) in [6, 6.07) is 4.49. The molecular formula is C17H14F3N3O6. The molecule has 12 heteroatoms. The number of alkyl halides is 3. The molecule has 1 aromatic carbocycles. The van der Waals surface area contributed by atoms with Crippen molar-refractivity contribution in [2.75, 3.05) is 6.54 Å². The summed E-state index contributed by atoms with van der Waals surface area (Å²) in [4.78, 5) is 44.6. The molecule has 0 fully saturated rings. The predicted octanol–water partition coefficient (Wildman–Crippen LogP) is 1.64. The van der Waals surface area contributed by atoms with Crippen molar-refractivity contribution in [2.45, 2.75) is 25.7 Å². The lowest BCUT2D eigenvalue weighted by Crippen LogP contribution is -2.36. The van der Waals surface area contributed by atoms with E-state index in [2.05, 4.69) is 9.72 Å². The number of carbonyl (C=O) groups is 3. The molecule has 1 N–H and O–H groups in total. The van der Waals surface area contributed by atoms with E-state index in [1.54, 1.807) is 0 Å². The number of amides is 1. The van der Waals surface area contributed by atoms with Gasteiger partial charge in [-0.3, -0.25) is 0 Å². The number of esters is 1. The summed E-state index contributed by atoms with van der Waals surface area (Å²) >= 11 is 0. The van der Waals surface area contributed by atoms with E-state index in [1.807, 2.05) is 0 Å². The van der Waals surface area contributed by atoms with Crippen molar-refractivity contribution >= 4 is 18.0 Å². The number of hydrogen-bond donors (Lipinski definition) is 1. The van der Waals surface area contributed by atoms with E-state index in [9.17, 15) is 27.6 Å². The molecule has 1 aliphatic rings. The third kappa shape index (κ3) is 4.47. The minimum Gasteiger partial charge on any atom is -0.465 e. The smallest absolute Gasteiger partial charge is 0.442 e. The fourth-order valence-corrected chi connectivity index (χ4v) is 2.77. The standard InChI is InChI=1S/C17H14F3N3O6/c18-17(19,20)11-4-2-1-3-10(11)8-28-14(24)15(25)29-23-9-21-12-7-22(16(26)27)6-5-13(12)23/h1-4,9H,5-8H2,(H,26,27). The summed E-state index contributed by atoms with van der Waals surface area (Å²) < 4.78 is 44.4. The van der Waals surface area contributed by atoms with Crippen molar-refractivity contribution in [2.24, 2.45) is 0 Å². The second kappa shape index (κ2) is 7.81. The summed E-state index contributed by atoms with van der Waals surface area (Å²) in [6.07, 6.45) is -4.46. The Morgan fingerprint density at radius 2 is 1.90 bits per heavy atom. The Balaban J connectivity index is 1.62. The highest BCUT2D eigenvalue weighted by Crippen LogP contribution is 2.32. The van der Waals surface area contributed by atoms with Crippen LogP contribution in [0, 0.1) is 0 Å². The number of carboxylic acid groups (broad SMARTS) is 1. The fraction of sp³-hybridized carbons (Fsp3) is 0.294. The number of carbonyl (C=O) groups excluding carboxylic acids is 2. The number of aromatic nitrogens is 2. The van der Waals surface area contributed by atoms with Gasteiger partial charge in [-0.1, -0.05) is 18.2 Å². The van der Waals surface area contributed by atoms with Crippen molar-refractivity contribution in [3.63, 3.8) is 0 Å². The first kappa shape index (κ1) is 20.2. The van der Waals surface area contributed by atoms with Crippen molar-refractivity contribution in [3.05, 3.63) is 53.1 Å². The minimum absolute atomic E-state index is 0.00606. The van der Waals surface area contributed by atoms with E-state index in [0.717, 1.165) is 28.1 Å². The molecule has 9 nitrogen and oxygen atoms in total. The molecule has 0 spiro atoms. The van der Waals surface area contributed by atoms with E-state index < -0.39 is 36.4 Å². The van der Waals surface area contributed by atoms with E-state index in [0.29, 0.717) is 11.4 Å². The monoisotopic (exact) mass is 413 g/mol. The Hall–Kier alpha value is -3.57. The average molecular weight is 413 g/mol. The molecule has 2 heterocycles. The first-order valence-corrected chi connectivity index (χ1v) is 8.24. The molecule has 2 aromatic rings. The molecule has 0 saturated heterocycles. The maximum Gasteiger partial charge on any atom is 0.442 e. The number of fused-ring (bicyclic) bond motifs is 1. The number of rotatable bonds is 3. The number of nitrogens with zero attached hydrogens (tertiary/aromatic N) is 3. The van der Waals surface area contributed by atoms with Crippen molar-refractivity contribution in [1.29, 1.82) is 0 Å². The van der Waals surface area contributed by atoms with Crippen LogP contribution in [-0.2, 0) is 40.1 Å². The molecule has 154 valence electrons. The summed E-state index contributed by atoms with van der Waals surface area (Å²) in [6.45, 7) is -0.628. The summed E-state index contributed by atoms with van der Waals surface area (Å²) in [5, 5.41) is 8.99. The van der Waals surface area contributed by atoms with E-state index >= 15 is 0 Å². The van der Waals surface area contributed by atoms with Crippen molar-refractivity contribution in [3.8, 4) is 0 Å². The highest BCUT2D eigenvalue weighted by atomic mass is 19.4.